The lowest BCUT2D eigenvalue weighted by Gasteiger charge is -2.19. The lowest BCUT2D eigenvalue weighted by Crippen LogP contribution is -2.39. The third-order valence-corrected chi connectivity index (χ3v) is 3.34. The van der Waals surface area contributed by atoms with Gasteiger partial charge in [-0.15, -0.1) is 0 Å². The van der Waals surface area contributed by atoms with E-state index < -0.39 is 0 Å². The summed E-state index contributed by atoms with van der Waals surface area (Å²) in [7, 11) is 0. The van der Waals surface area contributed by atoms with Gasteiger partial charge in [0.2, 0.25) is 5.91 Å². The van der Waals surface area contributed by atoms with Crippen molar-refractivity contribution in [2.45, 2.75) is 39.7 Å². The molecule has 0 aromatic heterocycles. The monoisotopic (exact) mass is 248 g/mol. The summed E-state index contributed by atoms with van der Waals surface area (Å²) in [6.07, 6.45) is 1.32. The summed E-state index contributed by atoms with van der Waals surface area (Å²) in [6, 6.07) is 8.42. The molecule has 0 heterocycles. The third-order valence-electron chi connectivity index (χ3n) is 3.34. The fourth-order valence-corrected chi connectivity index (χ4v) is 1.80. The van der Waals surface area contributed by atoms with Crippen LogP contribution in [0.5, 0.6) is 0 Å². The van der Waals surface area contributed by atoms with Crippen molar-refractivity contribution in [1.82, 2.24) is 5.32 Å². The Kier molecular flexibility index (Phi) is 5.86. The Morgan fingerprint density at radius 1 is 1.39 bits per heavy atom. The zero-order chi connectivity index (χ0) is 13.5. The van der Waals surface area contributed by atoms with Crippen molar-refractivity contribution in [3.63, 3.8) is 0 Å². The van der Waals surface area contributed by atoms with E-state index in [0.29, 0.717) is 18.9 Å². The van der Waals surface area contributed by atoms with Gasteiger partial charge in [0.1, 0.15) is 0 Å². The van der Waals surface area contributed by atoms with Gasteiger partial charge in [-0.25, -0.2) is 0 Å². The first kappa shape index (κ1) is 14.7. The van der Waals surface area contributed by atoms with Crippen LogP contribution in [0.4, 0.5) is 0 Å². The van der Waals surface area contributed by atoms with E-state index in [9.17, 15) is 4.79 Å². The van der Waals surface area contributed by atoms with Crippen LogP contribution < -0.4 is 11.1 Å². The molecule has 0 aliphatic heterocycles. The number of hydrogen-bond acceptors (Lipinski definition) is 2. The molecule has 3 heteroatoms. The van der Waals surface area contributed by atoms with Crippen LogP contribution in [-0.2, 0) is 11.2 Å². The SMILES string of the molecule is Cc1cccc(CCC(=O)NC(C)C(C)CN)c1. The highest BCUT2D eigenvalue weighted by Crippen LogP contribution is 2.07. The zero-order valence-electron chi connectivity index (χ0n) is 11.6. The Labute approximate surface area is 110 Å². The van der Waals surface area contributed by atoms with Crippen molar-refractivity contribution in [2.24, 2.45) is 11.7 Å². The van der Waals surface area contributed by atoms with Crippen molar-refractivity contribution in [3.05, 3.63) is 35.4 Å². The Bertz CT molecular complexity index is 390. The molecule has 2 atom stereocenters. The van der Waals surface area contributed by atoms with Gasteiger partial charge >= 0.3 is 0 Å². The average molecular weight is 248 g/mol. The summed E-state index contributed by atoms with van der Waals surface area (Å²) in [4.78, 5) is 11.8. The summed E-state index contributed by atoms with van der Waals surface area (Å²) in [5, 5.41) is 3.00. The fourth-order valence-electron chi connectivity index (χ4n) is 1.80. The first-order chi connectivity index (χ1) is 8.52. The van der Waals surface area contributed by atoms with Gasteiger partial charge in [0.05, 0.1) is 0 Å². The molecule has 0 fully saturated rings. The van der Waals surface area contributed by atoms with Crippen LogP contribution in [0, 0.1) is 12.8 Å². The highest BCUT2D eigenvalue weighted by atomic mass is 16.1. The maximum absolute atomic E-state index is 11.8. The molecule has 1 rings (SSSR count). The third kappa shape index (κ3) is 4.88. The van der Waals surface area contributed by atoms with Crippen LogP contribution in [0.15, 0.2) is 24.3 Å². The predicted octanol–water partition coefficient (Wildman–Crippen LogP) is 2.03. The summed E-state index contributed by atoms with van der Waals surface area (Å²) < 4.78 is 0. The van der Waals surface area contributed by atoms with Gasteiger partial charge in [-0.1, -0.05) is 36.8 Å². The lowest BCUT2D eigenvalue weighted by atomic mass is 10.0. The van der Waals surface area contributed by atoms with Crippen LogP contribution in [-0.4, -0.2) is 18.5 Å². The minimum absolute atomic E-state index is 0.101. The van der Waals surface area contributed by atoms with Gasteiger partial charge in [0, 0.05) is 12.5 Å². The molecule has 2 unspecified atom stereocenters. The van der Waals surface area contributed by atoms with E-state index in [1.807, 2.05) is 19.9 Å². The molecule has 0 saturated carbocycles. The molecule has 3 nitrogen and oxygen atoms in total. The van der Waals surface area contributed by atoms with Crippen molar-refractivity contribution in [3.8, 4) is 0 Å². The van der Waals surface area contributed by atoms with E-state index in [4.69, 9.17) is 5.73 Å². The normalized spacial score (nSPS) is 14.0. The molecule has 0 aliphatic rings. The van der Waals surface area contributed by atoms with Crippen LogP contribution in [0.3, 0.4) is 0 Å². The van der Waals surface area contributed by atoms with E-state index >= 15 is 0 Å². The number of carbonyl (C=O) groups excluding carboxylic acids is 1. The van der Waals surface area contributed by atoms with Crippen LogP contribution in [0.25, 0.3) is 0 Å². The Morgan fingerprint density at radius 2 is 2.11 bits per heavy atom. The summed E-state index contributed by atoms with van der Waals surface area (Å²) in [5.74, 6) is 0.414. The standard InChI is InChI=1S/C15H24N2O/c1-11-5-4-6-14(9-11)7-8-15(18)17-13(3)12(2)10-16/h4-6,9,12-13H,7-8,10,16H2,1-3H3,(H,17,18). The molecule has 0 saturated heterocycles. The van der Waals surface area contributed by atoms with E-state index in [1.54, 1.807) is 0 Å². The Hall–Kier alpha value is -1.35. The van der Waals surface area contributed by atoms with Crippen molar-refractivity contribution < 1.29 is 4.79 Å². The second kappa shape index (κ2) is 7.17. The maximum Gasteiger partial charge on any atom is 0.220 e. The zero-order valence-corrected chi connectivity index (χ0v) is 11.6. The van der Waals surface area contributed by atoms with Crippen LogP contribution in [0.2, 0.25) is 0 Å². The smallest absolute Gasteiger partial charge is 0.220 e. The molecule has 1 aromatic carbocycles. The van der Waals surface area contributed by atoms with Crippen molar-refractivity contribution >= 4 is 5.91 Å². The topological polar surface area (TPSA) is 55.1 Å². The molecule has 0 spiro atoms. The summed E-state index contributed by atoms with van der Waals surface area (Å²) in [5.41, 5.74) is 8.03. The van der Waals surface area contributed by atoms with Crippen molar-refractivity contribution in [2.75, 3.05) is 6.54 Å². The number of aryl methyl sites for hydroxylation is 2. The molecular weight excluding hydrogens is 224 g/mol. The predicted molar refractivity (Wildman–Crippen MR) is 75.3 cm³/mol. The van der Waals surface area contributed by atoms with Gasteiger partial charge in [-0.05, 0) is 38.3 Å². The molecule has 0 radical (unpaired) electrons. The molecule has 18 heavy (non-hydrogen) atoms. The van der Waals surface area contributed by atoms with E-state index in [0.717, 1.165) is 6.42 Å². The highest BCUT2D eigenvalue weighted by Gasteiger charge is 2.12. The number of benzene rings is 1. The number of amides is 1. The van der Waals surface area contributed by atoms with E-state index in [-0.39, 0.29) is 11.9 Å². The first-order valence-corrected chi connectivity index (χ1v) is 6.58. The molecule has 0 bridgehead atoms. The average Bonchev–Trinajstić information content (AvgIpc) is 2.35. The van der Waals surface area contributed by atoms with Gasteiger partial charge in [-0.3, -0.25) is 4.79 Å². The number of nitrogens with two attached hydrogens (primary N) is 1. The molecule has 0 aliphatic carbocycles. The minimum Gasteiger partial charge on any atom is -0.353 e. The Balaban J connectivity index is 2.37. The minimum atomic E-state index is 0.101. The van der Waals surface area contributed by atoms with Gasteiger partial charge < -0.3 is 11.1 Å². The van der Waals surface area contributed by atoms with Crippen LogP contribution in [0.1, 0.15) is 31.4 Å². The molecule has 3 N–H and O–H groups in total. The first-order valence-electron chi connectivity index (χ1n) is 6.58. The molecular formula is C15H24N2O. The van der Waals surface area contributed by atoms with Crippen LogP contribution >= 0.6 is 0 Å². The maximum atomic E-state index is 11.8. The number of rotatable bonds is 6. The number of carbonyl (C=O) groups is 1. The molecule has 1 aromatic rings. The van der Waals surface area contributed by atoms with Gasteiger partial charge in [-0.2, -0.15) is 0 Å². The largest absolute Gasteiger partial charge is 0.353 e. The fraction of sp³-hybridized carbons (Fsp3) is 0.533. The second-order valence-corrected chi connectivity index (χ2v) is 5.06. The summed E-state index contributed by atoms with van der Waals surface area (Å²) in [6.45, 7) is 6.71. The van der Waals surface area contributed by atoms with E-state index in [1.165, 1.54) is 11.1 Å². The molecule has 1 amide bonds. The number of hydrogen-bond donors (Lipinski definition) is 2. The summed E-state index contributed by atoms with van der Waals surface area (Å²) >= 11 is 0. The van der Waals surface area contributed by atoms with E-state index in [2.05, 4.69) is 30.4 Å². The second-order valence-electron chi connectivity index (χ2n) is 5.06. The molecule has 100 valence electrons. The van der Waals surface area contributed by atoms with Crippen molar-refractivity contribution in [1.29, 1.82) is 0 Å². The van der Waals surface area contributed by atoms with Gasteiger partial charge in [0.25, 0.3) is 0 Å². The van der Waals surface area contributed by atoms with Gasteiger partial charge in [0.15, 0.2) is 0 Å². The Morgan fingerprint density at radius 3 is 2.72 bits per heavy atom. The highest BCUT2D eigenvalue weighted by molar-refractivity contribution is 5.76. The quantitative estimate of drug-likeness (QED) is 0.809. The lowest BCUT2D eigenvalue weighted by molar-refractivity contribution is -0.121. The number of nitrogens with one attached hydrogen (secondary N) is 1.